The van der Waals surface area contributed by atoms with E-state index >= 15 is 0 Å². The predicted octanol–water partition coefficient (Wildman–Crippen LogP) is 1.94. The van der Waals surface area contributed by atoms with Crippen molar-refractivity contribution in [3.05, 3.63) is 35.5 Å². The lowest BCUT2D eigenvalue weighted by atomic mass is 10.2. The van der Waals surface area contributed by atoms with Gasteiger partial charge in [-0.2, -0.15) is 0 Å². The topological polar surface area (TPSA) is 41.8 Å². The Morgan fingerprint density at radius 1 is 1.33 bits per heavy atom. The van der Waals surface area contributed by atoms with Gasteiger partial charge in [0.25, 0.3) is 0 Å². The molecule has 2 rings (SSSR count). The maximum Gasteiger partial charge on any atom is 0.0456 e. The average molecular weight is 160 g/mol. The van der Waals surface area contributed by atoms with Crippen molar-refractivity contribution in [2.24, 2.45) is 5.73 Å². The van der Waals surface area contributed by atoms with Crippen molar-refractivity contribution in [1.82, 2.24) is 4.98 Å². The van der Waals surface area contributed by atoms with Gasteiger partial charge in [-0.3, -0.25) is 0 Å². The molecule has 0 saturated carbocycles. The summed E-state index contributed by atoms with van der Waals surface area (Å²) in [5.74, 6) is 0. The summed E-state index contributed by atoms with van der Waals surface area (Å²) in [6.45, 7) is 2.67. The van der Waals surface area contributed by atoms with Crippen molar-refractivity contribution >= 4 is 10.9 Å². The summed E-state index contributed by atoms with van der Waals surface area (Å²) in [7, 11) is 0. The molecule has 3 N–H and O–H groups in total. The zero-order chi connectivity index (χ0) is 8.55. The summed E-state index contributed by atoms with van der Waals surface area (Å²) in [5.41, 5.74) is 9.06. The fraction of sp³-hybridized carbons (Fsp3) is 0.200. The van der Waals surface area contributed by atoms with Gasteiger partial charge < -0.3 is 10.7 Å². The molecule has 0 spiro atoms. The quantitative estimate of drug-likeness (QED) is 0.657. The summed E-state index contributed by atoms with van der Waals surface area (Å²) in [4.78, 5) is 3.25. The second-order valence-electron chi connectivity index (χ2n) is 3.09. The fourth-order valence-corrected chi connectivity index (χ4v) is 1.42. The Hall–Kier alpha value is -1.28. The first-order valence-electron chi connectivity index (χ1n) is 4.08. The minimum atomic E-state index is 0.577. The van der Waals surface area contributed by atoms with Crippen molar-refractivity contribution in [2.45, 2.75) is 13.5 Å². The first-order valence-corrected chi connectivity index (χ1v) is 4.08. The van der Waals surface area contributed by atoms with Gasteiger partial charge in [0.2, 0.25) is 0 Å². The van der Waals surface area contributed by atoms with Gasteiger partial charge in [0.15, 0.2) is 0 Å². The van der Waals surface area contributed by atoms with Crippen LogP contribution in [0, 0.1) is 6.92 Å². The molecule has 0 aliphatic heterocycles. The minimum Gasteiger partial charge on any atom is -0.357 e. The summed E-state index contributed by atoms with van der Waals surface area (Å²) in [5, 5.41) is 1.25. The zero-order valence-corrected chi connectivity index (χ0v) is 7.09. The summed E-state index contributed by atoms with van der Waals surface area (Å²) >= 11 is 0. The number of fused-ring (bicyclic) bond motifs is 1. The van der Waals surface area contributed by atoms with E-state index in [0.29, 0.717) is 6.54 Å². The largest absolute Gasteiger partial charge is 0.357 e. The highest BCUT2D eigenvalue weighted by atomic mass is 14.7. The molecule has 0 unspecified atom stereocenters. The van der Waals surface area contributed by atoms with Gasteiger partial charge >= 0.3 is 0 Å². The van der Waals surface area contributed by atoms with Crippen molar-refractivity contribution in [1.29, 1.82) is 0 Å². The molecule has 2 nitrogen and oxygen atoms in total. The Labute approximate surface area is 71.4 Å². The van der Waals surface area contributed by atoms with Crippen molar-refractivity contribution < 1.29 is 0 Å². The molecule has 62 valence electrons. The van der Waals surface area contributed by atoms with E-state index in [1.807, 2.05) is 0 Å². The molecule has 0 aliphatic carbocycles. The van der Waals surface area contributed by atoms with Crippen LogP contribution in [0.5, 0.6) is 0 Å². The number of H-pyrrole nitrogens is 1. The number of aromatic amines is 1. The third kappa shape index (κ3) is 1.10. The second-order valence-corrected chi connectivity index (χ2v) is 3.09. The predicted molar refractivity (Wildman–Crippen MR) is 50.9 cm³/mol. The fourth-order valence-electron chi connectivity index (χ4n) is 1.42. The molecule has 0 aliphatic rings. The van der Waals surface area contributed by atoms with Crippen LogP contribution in [0.4, 0.5) is 0 Å². The van der Waals surface area contributed by atoms with E-state index in [1.165, 1.54) is 16.5 Å². The Kier molecular flexibility index (Phi) is 1.62. The molecular weight excluding hydrogens is 148 g/mol. The lowest BCUT2D eigenvalue weighted by Crippen LogP contribution is -1.94. The van der Waals surface area contributed by atoms with Gasteiger partial charge in [-0.1, -0.05) is 11.6 Å². The molecule has 2 aromatic rings. The van der Waals surface area contributed by atoms with Crippen molar-refractivity contribution in [3.63, 3.8) is 0 Å². The Bertz CT molecular complexity index is 401. The number of nitrogens with one attached hydrogen (secondary N) is 1. The average Bonchev–Trinajstić information content (AvgIpc) is 2.46. The Morgan fingerprint density at radius 3 is 2.92 bits per heavy atom. The molecule has 12 heavy (non-hydrogen) atoms. The molecular formula is C10H12N2. The van der Waals surface area contributed by atoms with E-state index < -0.39 is 0 Å². The van der Waals surface area contributed by atoms with Crippen molar-refractivity contribution in [2.75, 3.05) is 0 Å². The van der Waals surface area contributed by atoms with Crippen LogP contribution in [0.2, 0.25) is 0 Å². The molecule has 2 heteroatoms. The smallest absolute Gasteiger partial charge is 0.0456 e. The molecule has 1 aromatic heterocycles. The SMILES string of the molecule is Cc1ccc2[nH]c(CN)cc2c1. The van der Waals surface area contributed by atoms with Gasteiger partial charge in [-0.15, -0.1) is 0 Å². The van der Waals surface area contributed by atoms with Crippen LogP contribution in [0.3, 0.4) is 0 Å². The van der Waals surface area contributed by atoms with Crippen molar-refractivity contribution in [3.8, 4) is 0 Å². The maximum absolute atomic E-state index is 5.52. The second kappa shape index (κ2) is 2.64. The van der Waals surface area contributed by atoms with E-state index in [2.05, 4.69) is 36.2 Å². The van der Waals surface area contributed by atoms with Crippen LogP contribution in [0.15, 0.2) is 24.3 Å². The van der Waals surface area contributed by atoms with Crippen LogP contribution in [0.25, 0.3) is 10.9 Å². The number of aryl methyl sites for hydroxylation is 1. The molecule has 1 heterocycles. The van der Waals surface area contributed by atoms with Crippen LogP contribution >= 0.6 is 0 Å². The van der Waals surface area contributed by atoms with Gasteiger partial charge in [0, 0.05) is 17.8 Å². The molecule has 0 saturated heterocycles. The van der Waals surface area contributed by atoms with Gasteiger partial charge in [-0.05, 0) is 30.5 Å². The minimum absolute atomic E-state index is 0.577. The zero-order valence-electron chi connectivity index (χ0n) is 7.09. The van der Waals surface area contributed by atoms with E-state index in [1.54, 1.807) is 0 Å². The van der Waals surface area contributed by atoms with E-state index in [-0.39, 0.29) is 0 Å². The monoisotopic (exact) mass is 160 g/mol. The summed E-state index contributed by atoms with van der Waals surface area (Å²) in [6.07, 6.45) is 0. The highest BCUT2D eigenvalue weighted by Gasteiger charge is 1.97. The number of rotatable bonds is 1. The van der Waals surface area contributed by atoms with E-state index in [0.717, 1.165) is 5.69 Å². The number of benzene rings is 1. The maximum atomic E-state index is 5.52. The van der Waals surface area contributed by atoms with Crippen LogP contribution in [0.1, 0.15) is 11.3 Å². The molecule has 0 bridgehead atoms. The number of hydrogen-bond acceptors (Lipinski definition) is 1. The number of nitrogens with two attached hydrogens (primary N) is 1. The van der Waals surface area contributed by atoms with E-state index in [4.69, 9.17) is 5.73 Å². The first-order chi connectivity index (χ1) is 5.79. The molecule has 0 fully saturated rings. The highest BCUT2D eigenvalue weighted by molar-refractivity contribution is 5.81. The van der Waals surface area contributed by atoms with Crippen LogP contribution < -0.4 is 5.73 Å². The Balaban J connectivity index is 2.67. The third-order valence-corrected chi connectivity index (χ3v) is 2.05. The lowest BCUT2D eigenvalue weighted by Gasteiger charge is -1.90. The van der Waals surface area contributed by atoms with Gasteiger partial charge in [0.05, 0.1) is 0 Å². The van der Waals surface area contributed by atoms with E-state index in [9.17, 15) is 0 Å². The standard InChI is InChI=1S/C10H12N2/c1-7-2-3-10-8(4-7)5-9(6-11)12-10/h2-5,12H,6,11H2,1H3. The molecule has 0 atom stereocenters. The number of hydrogen-bond donors (Lipinski definition) is 2. The third-order valence-electron chi connectivity index (χ3n) is 2.05. The normalized spacial score (nSPS) is 10.8. The first kappa shape index (κ1) is 7.37. The lowest BCUT2D eigenvalue weighted by molar-refractivity contribution is 1.02. The summed E-state index contributed by atoms with van der Waals surface area (Å²) < 4.78 is 0. The summed E-state index contributed by atoms with van der Waals surface area (Å²) in [6, 6.07) is 8.44. The molecule has 0 radical (unpaired) electrons. The van der Waals surface area contributed by atoms with Crippen LogP contribution in [-0.4, -0.2) is 4.98 Å². The number of aromatic nitrogens is 1. The molecule has 1 aromatic carbocycles. The molecule has 0 amide bonds. The Morgan fingerprint density at radius 2 is 2.17 bits per heavy atom. The van der Waals surface area contributed by atoms with Crippen LogP contribution in [-0.2, 0) is 6.54 Å². The van der Waals surface area contributed by atoms with Gasteiger partial charge in [0.1, 0.15) is 0 Å². The van der Waals surface area contributed by atoms with Gasteiger partial charge in [-0.25, -0.2) is 0 Å². The highest BCUT2D eigenvalue weighted by Crippen LogP contribution is 2.16.